The first kappa shape index (κ1) is 10.6. The first-order valence-corrected chi connectivity index (χ1v) is 6.25. The van der Waals surface area contributed by atoms with Crippen LogP contribution < -0.4 is 0 Å². The number of aryl methyl sites for hydroxylation is 1. The van der Waals surface area contributed by atoms with E-state index in [1.807, 2.05) is 25.1 Å². The summed E-state index contributed by atoms with van der Waals surface area (Å²) < 4.78 is 5.96. The van der Waals surface area contributed by atoms with Crippen molar-refractivity contribution in [3.63, 3.8) is 0 Å². The molecule has 0 amide bonds. The minimum absolute atomic E-state index is 0.126. The van der Waals surface area contributed by atoms with Gasteiger partial charge in [0.15, 0.2) is 0 Å². The lowest BCUT2D eigenvalue weighted by Gasteiger charge is -2.31. The van der Waals surface area contributed by atoms with E-state index in [0.717, 1.165) is 17.8 Å². The van der Waals surface area contributed by atoms with Crippen molar-refractivity contribution >= 4 is 16.8 Å². The SMILES string of the molecule is CCc1c(C2CC(=O)C2C)oc2ccccc12. The molecule has 1 fully saturated rings. The van der Waals surface area contributed by atoms with Gasteiger partial charge in [0, 0.05) is 29.2 Å². The topological polar surface area (TPSA) is 30.2 Å². The molecule has 1 heterocycles. The van der Waals surface area contributed by atoms with Gasteiger partial charge < -0.3 is 4.42 Å². The predicted octanol–water partition coefficient (Wildman–Crippen LogP) is 3.69. The molecule has 17 heavy (non-hydrogen) atoms. The quantitative estimate of drug-likeness (QED) is 0.784. The minimum atomic E-state index is 0.126. The van der Waals surface area contributed by atoms with Crippen LogP contribution in [0.5, 0.6) is 0 Å². The van der Waals surface area contributed by atoms with Crippen LogP contribution in [0, 0.1) is 5.92 Å². The molecule has 0 radical (unpaired) electrons. The number of furan rings is 1. The summed E-state index contributed by atoms with van der Waals surface area (Å²) in [6.45, 7) is 4.15. The van der Waals surface area contributed by atoms with Crippen LogP contribution in [0.1, 0.15) is 37.5 Å². The zero-order chi connectivity index (χ0) is 12.0. The van der Waals surface area contributed by atoms with Gasteiger partial charge in [-0.25, -0.2) is 0 Å². The number of carbonyl (C=O) groups is 1. The maximum Gasteiger partial charge on any atom is 0.137 e. The van der Waals surface area contributed by atoms with Gasteiger partial charge in [0.2, 0.25) is 0 Å². The Kier molecular flexibility index (Phi) is 2.32. The number of Topliss-reactive ketones (excluding diaryl/α,β-unsaturated/α-hetero) is 1. The van der Waals surface area contributed by atoms with Gasteiger partial charge in [0.1, 0.15) is 17.1 Å². The molecule has 0 bridgehead atoms. The number of ketones is 1. The molecule has 0 N–H and O–H groups in total. The fourth-order valence-electron chi connectivity index (χ4n) is 2.74. The number of carbonyl (C=O) groups excluding carboxylic acids is 1. The second kappa shape index (κ2) is 3.73. The molecule has 3 rings (SSSR count). The molecule has 1 aromatic carbocycles. The van der Waals surface area contributed by atoms with E-state index < -0.39 is 0 Å². The average molecular weight is 228 g/mol. The fraction of sp³-hybridized carbons (Fsp3) is 0.400. The average Bonchev–Trinajstić information content (AvgIpc) is 2.72. The van der Waals surface area contributed by atoms with Crippen molar-refractivity contribution in [3.8, 4) is 0 Å². The molecule has 88 valence electrons. The molecular weight excluding hydrogens is 212 g/mol. The molecule has 1 aliphatic carbocycles. The number of para-hydroxylation sites is 1. The van der Waals surface area contributed by atoms with E-state index in [-0.39, 0.29) is 5.92 Å². The number of hydrogen-bond acceptors (Lipinski definition) is 2. The zero-order valence-electron chi connectivity index (χ0n) is 10.2. The van der Waals surface area contributed by atoms with Crippen molar-refractivity contribution in [1.29, 1.82) is 0 Å². The number of benzene rings is 1. The Morgan fingerprint density at radius 3 is 2.76 bits per heavy atom. The van der Waals surface area contributed by atoms with Gasteiger partial charge in [0.25, 0.3) is 0 Å². The van der Waals surface area contributed by atoms with Crippen LogP contribution in [0.4, 0.5) is 0 Å². The Bertz CT molecular complexity index is 580. The normalized spacial score (nSPS) is 24.0. The van der Waals surface area contributed by atoms with E-state index in [9.17, 15) is 4.79 Å². The summed E-state index contributed by atoms with van der Waals surface area (Å²) in [7, 11) is 0. The summed E-state index contributed by atoms with van der Waals surface area (Å²) in [6, 6.07) is 8.13. The van der Waals surface area contributed by atoms with Gasteiger partial charge >= 0.3 is 0 Å². The van der Waals surface area contributed by atoms with Gasteiger partial charge in [-0.15, -0.1) is 0 Å². The van der Waals surface area contributed by atoms with E-state index in [1.165, 1.54) is 10.9 Å². The molecule has 1 aromatic heterocycles. The molecule has 2 nitrogen and oxygen atoms in total. The maximum absolute atomic E-state index is 11.4. The molecule has 2 aromatic rings. The molecule has 0 aliphatic heterocycles. The number of rotatable bonds is 2. The molecule has 0 saturated heterocycles. The lowest BCUT2D eigenvalue weighted by atomic mass is 9.71. The van der Waals surface area contributed by atoms with Crippen LogP contribution in [0.2, 0.25) is 0 Å². The van der Waals surface area contributed by atoms with E-state index >= 15 is 0 Å². The number of hydrogen-bond donors (Lipinski definition) is 0. The summed E-state index contributed by atoms with van der Waals surface area (Å²) in [5, 5.41) is 1.21. The van der Waals surface area contributed by atoms with Crippen LogP contribution >= 0.6 is 0 Å². The minimum Gasteiger partial charge on any atom is -0.460 e. The summed E-state index contributed by atoms with van der Waals surface area (Å²) in [5.74, 6) is 1.82. The van der Waals surface area contributed by atoms with Crippen molar-refractivity contribution in [2.24, 2.45) is 5.92 Å². The van der Waals surface area contributed by atoms with E-state index in [4.69, 9.17) is 4.42 Å². The molecular formula is C15H16O2. The largest absolute Gasteiger partial charge is 0.460 e. The Morgan fingerprint density at radius 2 is 2.12 bits per heavy atom. The molecule has 1 aliphatic rings. The maximum atomic E-state index is 11.4. The zero-order valence-corrected chi connectivity index (χ0v) is 10.2. The van der Waals surface area contributed by atoms with Crippen molar-refractivity contribution in [2.45, 2.75) is 32.6 Å². The third-order valence-electron chi connectivity index (χ3n) is 3.95. The Labute approximate surface area is 101 Å². The first-order valence-electron chi connectivity index (χ1n) is 6.25. The van der Waals surface area contributed by atoms with Crippen molar-refractivity contribution in [2.75, 3.05) is 0 Å². The van der Waals surface area contributed by atoms with E-state index in [0.29, 0.717) is 18.1 Å². The Morgan fingerprint density at radius 1 is 1.35 bits per heavy atom. The molecule has 1 saturated carbocycles. The fourth-order valence-corrected chi connectivity index (χ4v) is 2.74. The highest BCUT2D eigenvalue weighted by molar-refractivity contribution is 5.90. The third kappa shape index (κ3) is 1.43. The second-order valence-corrected chi connectivity index (χ2v) is 4.86. The highest BCUT2D eigenvalue weighted by atomic mass is 16.3. The van der Waals surface area contributed by atoms with Crippen LogP contribution in [0.25, 0.3) is 11.0 Å². The first-order chi connectivity index (χ1) is 8.22. The van der Waals surface area contributed by atoms with E-state index in [2.05, 4.69) is 13.0 Å². The standard InChI is InChI=1S/C15H16O2/c1-3-10-11-6-4-5-7-14(11)17-15(10)12-8-13(16)9(12)2/h4-7,9,12H,3,8H2,1-2H3. The second-order valence-electron chi connectivity index (χ2n) is 4.86. The lowest BCUT2D eigenvalue weighted by molar-refractivity contribution is -0.130. The summed E-state index contributed by atoms with van der Waals surface area (Å²) >= 11 is 0. The lowest BCUT2D eigenvalue weighted by Crippen LogP contribution is -2.33. The van der Waals surface area contributed by atoms with Gasteiger partial charge in [-0.1, -0.05) is 32.0 Å². The molecule has 2 atom stereocenters. The van der Waals surface area contributed by atoms with Crippen LogP contribution in [0.3, 0.4) is 0 Å². The summed E-state index contributed by atoms with van der Waals surface area (Å²) in [5.41, 5.74) is 2.23. The van der Waals surface area contributed by atoms with Gasteiger partial charge in [-0.05, 0) is 12.5 Å². The Balaban J connectivity index is 2.13. The highest BCUT2D eigenvalue weighted by Crippen LogP contribution is 2.43. The Hall–Kier alpha value is -1.57. The smallest absolute Gasteiger partial charge is 0.137 e. The number of fused-ring (bicyclic) bond motifs is 1. The van der Waals surface area contributed by atoms with Crippen LogP contribution in [-0.4, -0.2) is 5.78 Å². The van der Waals surface area contributed by atoms with Crippen molar-refractivity contribution in [3.05, 3.63) is 35.6 Å². The monoisotopic (exact) mass is 228 g/mol. The third-order valence-corrected chi connectivity index (χ3v) is 3.95. The van der Waals surface area contributed by atoms with Gasteiger partial charge in [-0.2, -0.15) is 0 Å². The van der Waals surface area contributed by atoms with Gasteiger partial charge in [-0.3, -0.25) is 4.79 Å². The molecule has 2 unspecified atom stereocenters. The highest BCUT2D eigenvalue weighted by Gasteiger charge is 2.40. The predicted molar refractivity (Wildman–Crippen MR) is 67.1 cm³/mol. The summed E-state index contributed by atoms with van der Waals surface area (Å²) in [6.07, 6.45) is 1.61. The molecule has 2 heteroatoms. The van der Waals surface area contributed by atoms with Crippen molar-refractivity contribution < 1.29 is 9.21 Å². The van der Waals surface area contributed by atoms with E-state index in [1.54, 1.807) is 0 Å². The van der Waals surface area contributed by atoms with Crippen molar-refractivity contribution in [1.82, 2.24) is 0 Å². The van der Waals surface area contributed by atoms with Crippen LogP contribution in [0.15, 0.2) is 28.7 Å². The van der Waals surface area contributed by atoms with Crippen LogP contribution in [-0.2, 0) is 11.2 Å². The molecule has 0 spiro atoms. The summed E-state index contributed by atoms with van der Waals surface area (Å²) in [4.78, 5) is 11.4. The van der Waals surface area contributed by atoms with Gasteiger partial charge in [0.05, 0.1) is 0 Å².